The Morgan fingerprint density at radius 3 is 2.52 bits per heavy atom. The molecular formula is C20H15BrFNO4. The number of aromatic hydroxyl groups is 1. The van der Waals surface area contributed by atoms with E-state index in [0.29, 0.717) is 21.4 Å². The number of carbonyl (C=O) groups excluding carboxylic acids is 2. The molecule has 5 nitrogen and oxygen atoms in total. The number of amides is 1. The number of phenolic OH excluding ortho intramolecular Hbond substituents is 1. The summed E-state index contributed by atoms with van der Waals surface area (Å²) in [4.78, 5) is 26.7. The lowest BCUT2D eigenvalue weighted by molar-refractivity contribution is -0.136. The standard InChI is InChI=1S/C20H15BrFNO4/c1-11-18(20(26)27-2)16(10-12-9-13(21)3-8-17(12)24)19(25)23(11)15-6-4-14(22)5-7-15/h3-10,24H,1-2H3/b16-10-. The number of phenols is 1. The van der Waals surface area contributed by atoms with E-state index in [1.807, 2.05) is 0 Å². The van der Waals surface area contributed by atoms with Gasteiger partial charge in [0.1, 0.15) is 11.6 Å². The lowest BCUT2D eigenvalue weighted by atomic mass is 10.0. The number of allylic oxidation sites excluding steroid dienone is 1. The molecule has 0 bridgehead atoms. The molecule has 1 aliphatic rings. The number of ether oxygens (including phenoxy) is 1. The van der Waals surface area contributed by atoms with Gasteiger partial charge in [0, 0.05) is 21.4 Å². The number of carbonyl (C=O) groups is 2. The summed E-state index contributed by atoms with van der Waals surface area (Å²) in [5, 5.41) is 10.1. The van der Waals surface area contributed by atoms with Crippen LogP contribution in [0, 0.1) is 5.82 Å². The van der Waals surface area contributed by atoms with E-state index in [4.69, 9.17) is 4.74 Å². The summed E-state index contributed by atoms with van der Waals surface area (Å²) >= 11 is 3.31. The number of anilines is 1. The Hall–Kier alpha value is -2.93. The molecule has 0 fully saturated rings. The maximum absolute atomic E-state index is 13.2. The fourth-order valence-electron chi connectivity index (χ4n) is 2.88. The summed E-state index contributed by atoms with van der Waals surface area (Å²) < 4.78 is 18.8. The van der Waals surface area contributed by atoms with Crippen molar-refractivity contribution in [2.75, 3.05) is 12.0 Å². The predicted molar refractivity (Wildman–Crippen MR) is 102 cm³/mol. The van der Waals surface area contributed by atoms with Crippen molar-refractivity contribution >= 4 is 39.6 Å². The number of benzene rings is 2. The molecule has 0 aliphatic carbocycles. The van der Waals surface area contributed by atoms with Gasteiger partial charge >= 0.3 is 5.97 Å². The average Bonchev–Trinajstić information content (AvgIpc) is 2.88. The molecular weight excluding hydrogens is 417 g/mol. The van der Waals surface area contributed by atoms with Crippen LogP contribution in [0.15, 0.2) is 63.8 Å². The second kappa shape index (κ2) is 7.36. The van der Waals surface area contributed by atoms with Crippen molar-refractivity contribution < 1.29 is 23.8 Å². The predicted octanol–water partition coefficient (Wildman–Crippen LogP) is 4.17. The van der Waals surface area contributed by atoms with Crippen molar-refractivity contribution in [3.8, 4) is 5.75 Å². The van der Waals surface area contributed by atoms with Crippen LogP contribution in [-0.2, 0) is 14.3 Å². The molecule has 1 aliphatic heterocycles. The number of rotatable bonds is 3. The number of halogens is 2. The van der Waals surface area contributed by atoms with Crippen LogP contribution in [0.25, 0.3) is 6.08 Å². The molecule has 0 unspecified atom stereocenters. The third-order valence-corrected chi connectivity index (χ3v) is 4.66. The van der Waals surface area contributed by atoms with Gasteiger partial charge in [-0.15, -0.1) is 0 Å². The minimum atomic E-state index is -0.675. The highest BCUT2D eigenvalue weighted by molar-refractivity contribution is 9.10. The first-order valence-electron chi connectivity index (χ1n) is 7.93. The first-order valence-corrected chi connectivity index (χ1v) is 8.72. The third-order valence-electron chi connectivity index (χ3n) is 4.16. The topological polar surface area (TPSA) is 66.8 Å². The SMILES string of the molecule is COC(=O)C1=C(C)N(c2ccc(F)cc2)C(=O)/C1=C\c1cc(Br)ccc1O. The molecule has 0 spiro atoms. The van der Waals surface area contributed by atoms with Gasteiger partial charge in [-0.3, -0.25) is 9.69 Å². The molecule has 0 saturated heterocycles. The number of nitrogens with zero attached hydrogens (tertiary/aromatic N) is 1. The Kier molecular flexibility index (Phi) is 5.14. The number of esters is 1. The van der Waals surface area contributed by atoms with E-state index >= 15 is 0 Å². The molecule has 0 radical (unpaired) electrons. The molecule has 0 aromatic heterocycles. The molecule has 138 valence electrons. The number of hydrogen-bond acceptors (Lipinski definition) is 4. The second-order valence-corrected chi connectivity index (χ2v) is 6.75. The molecule has 2 aromatic rings. The summed E-state index contributed by atoms with van der Waals surface area (Å²) in [6, 6.07) is 10.1. The van der Waals surface area contributed by atoms with E-state index in [0.717, 1.165) is 0 Å². The van der Waals surface area contributed by atoms with Crippen LogP contribution >= 0.6 is 15.9 Å². The van der Waals surface area contributed by atoms with E-state index in [1.54, 1.807) is 19.1 Å². The molecule has 7 heteroatoms. The molecule has 1 N–H and O–H groups in total. The maximum Gasteiger partial charge on any atom is 0.340 e. The fourth-order valence-corrected chi connectivity index (χ4v) is 3.26. The van der Waals surface area contributed by atoms with E-state index in [9.17, 15) is 19.1 Å². The first kappa shape index (κ1) is 18.8. The molecule has 1 heterocycles. The maximum atomic E-state index is 13.2. The highest BCUT2D eigenvalue weighted by atomic mass is 79.9. The average molecular weight is 432 g/mol. The van der Waals surface area contributed by atoms with Gasteiger partial charge in [0.2, 0.25) is 0 Å². The van der Waals surface area contributed by atoms with Gasteiger partial charge in [0.15, 0.2) is 0 Å². The third kappa shape index (κ3) is 3.50. The van der Waals surface area contributed by atoms with Crippen LogP contribution in [-0.4, -0.2) is 24.1 Å². The van der Waals surface area contributed by atoms with E-state index in [2.05, 4.69) is 15.9 Å². The summed E-state index contributed by atoms with van der Waals surface area (Å²) in [5.41, 5.74) is 1.31. The van der Waals surface area contributed by atoms with Crippen molar-refractivity contribution in [2.45, 2.75) is 6.92 Å². The smallest absolute Gasteiger partial charge is 0.340 e. The quantitative estimate of drug-likeness (QED) is 0.584. The Labute approximate surface area is 163 Å². The van der Waals surface area contributed by atoms with Gasteiger partial charge < -0.3 is 9.84 Å². The Morgan fingerprint density at radius 2 is 1.89 bits per heavy atom. The van der Waals surface area contributed by atoms with E-state index < -0.39 is 17.7 Å². The second-order valence-electron chi connectivity index (χ2n) is 5.83. The highest BCUT2D eigenvalue weighted by Crippen LogP contribution is 2.36. The highest BCUT2D eigenvalue weighted by Gasteiger charge is 2.38. The first-order chi connectivity index (χ1) is 12.8. The zero-order chi connectivity index (χ0) is 19.7. The van der Waals surface area contributed by atoms with Crippen molar-refractivity contribution in [2.24, 2.45) is 0 Å². The largest absolute Gasteiger partial charge is 0.507 e. The van der Waals surface area contributed by atoms with Gasteiger partial charge in [-0.1, -0.05) is 15.9 Å². The summed E-state index contributed by atoms with van der Waals surface area (Å²) in [5.74, 6) is -1.62. The normalized spacial score (nSPS) is 15.6. The monoisotopic (exact) mass is 431 g/mol. The van der Waals surface area contributed by atoms with Gasteiger partial charge in [0.25, 0.3) is 5.91 Å². The Bertz CT molecular complexity index is 996. The summed E-state index contributed by atoms with van der Waals surface area (Å²) in [6.07, 6.45) is 1.43. The van der Waals surface area contributed by atoms with Gasteiger partial charge in [-0.05, 0) is 55.5 Å². The van der Waals surface area contributed by atoms with E-state index in [-0.39, 0.29) is 16.9 Å². The number of hydrogen-bond donors (Lipinski definition) is 1. The molecule has 27 heavy (non-hydrogen) atoms. The Balaban J connectivity index is 2.17. The zero-order valence-corrected chi connectivity index (χ0v) is 16.1. The summed E-state index contributed by atoms with van der Waals surface area (Å²) in [7, 11) is 1.22. The Morgan fingerprint density at radius 1 is 1.22 bits per heavy atom. The van der Waals surface area contributed by atoms with Crippen LogP contribution in [0.2, 0.25) is 0 Å². The molecule has 2 aromatic carbocycles. The van der Waals surface area contributed by atoms with Crippen molar-refractivity contribution in [3.05, 3.63) is 75.2 Å². The molecule has 0 atom stereocenters. The van der Waals surface area contributed by atoms with Crippen molar-refractivity contribution in [1.82, 2.24) is 0 Å². The molecule has 1 amide bonds. The lowest BCUT2D eigenvalue weighted by Gasteiger charge is -2.17. The van der Waals surface area contributed by atoms with Crippen LogP contribution < -0.4 is 4.90 Å². The number of methoxy groups -OCH3 is 1. The fraction of sp³-hybridized carbons (Fsp3) is 0.100. The van der Waals surface area contributed by atoms with Crippen LogP contribution in [0.5, 0.6) is 5.75 Å². The molecule has 0 saturated carbocycles. The van der Waals surface area contributed by atoms with Gasteiger partial charge in [-0.25, -0.2) is 9.18 Å². The van der Waals surface area contributed by atoms with Crippen molar-refractivity contribution in [3.63, 3.8) is 0 Å². The van der Waals surface area contributed by atoms with Crippen LogP contribution in [0.1, 0.15) is 12.5 Å². The lowest BCUT2D eigenvalue weighted by Crippen LogP contribution is -2.24. The van der Waals surface area contributed by atoms with Gasteiger partial charge in [0.05, 0.1) is 18.3 Å². The zero-order valence-electron chi connectivity index (χ0n) is 14.5. The molecule has 3 rings (SSSR count). The minimum absolute atomic E-state index is 0.0411. The van der Waals surface area contributed by atoms with Crippen molar-refractivity contribution in [1.29, 1.82) is 0 Å². The van der Waals surface area contributed by atoms with Gasteiger partial charge in [-0.2, -0.15) is 0 Å². The minimum Gasteiger partial charge on any atom is -0.507 e. The van der Waals surface area contributed by atoms with E-state index in [1.165, 1.54) is 48.4 Å². The van der Waals surface area contributed by atoms with Crippen LogP contribution in [0.4, 0.5) is 10.1 Å². The van der Waals surface area contributed by atoms with Crippen LogP contribution in [0.3, 0.4) is 0 Å². The summed E-state index contributed by atoms with van der Waals surface area (Å²) in [6.45, 7) is 1.61.